The highest BCUT2D eigenvalue weighted by atomic mass is 16.6. The van der Waals surface area contributed by atoms with E-state index in [0.717, 1.165) is 24.2 Å². The Bertz CT molecular complexity index is 921. The quantitative estimate of drug-likeness (QED) is 0.414. The molecule has 1 N–H and O–H groups in total. The van der Waals surface area contributed by atoms with Gasteiger partial charge in [-0.25, -0.2) is 0 Å². The van der Waals surface area contributed by atoms with Crippen molar-refractivity contribution in [2.75, 3.05) is 6.61 Å². The summed E-state index contributed by atoms with van der Waals surface area (Å²) in [5.41, 5.74) is 1.46. The topological polar surface area (TPSA) is 38.7 Å². The number of aliphatic hydroxyl groups is 1. The van der Waals surface area contributed by atoms with Crippen LogP contribution in [0.2, 0.25) is 0 Å². The minimum absolute atomic E-state index is 0.0244. The van der Waals surface area contributed by atoms with Crippen LogP contribution in [0, 0.1) is 62.6 Å². The summed E-state index contributed by atoms with van der Waals surface area (Å²) in [5.74, 6) is 4.37. The first-order valence-electron chi connectivity index (χ1n) is 16.1. The van der Waals surface area contributed by atoms with Crippen LogP contribution in [-0.4, -0.2) is 35.6 Å². The van der Waals surface area contributed by atoms with Crippen molar-refractivity contribution in [3.63, 3.8) is 0 Å². The Morgan fingerprint density at radius 1 is 0.946 bits per heavy atom. The molecule has 5 aliphatic carbocycles. The lowest BCUT2D eigenvalue weighted by Crippen LogP contribution is -2.58. The zero-order chi connectivity index (χ0) is 27.0. The fraction of sp³-hybridized carbons (Fsp3) is 1.00. The van der Waals surface area contributed by atoms with Gasteiger partial charge >= 0.3 is 0 Å². The van der Waals surface area contributed by atoms with Gasteiger partial charge in [-0.2, -0.15) is 0 Å². The lowest BCUT2D eigenvalue weighted by molar-refractivity contribution is -0.209. The molecule has 0 aromatic rings. The van der Waals surface area contributed by atoms with Gasteiger partial charge in [0.1, 0.15) is 6.10 Å². The first kappa shape index (κ1) is 27.1. The molecule has 212 valence electrons. The van der Waals surface area contributed by atoms with E-state index in [9.17, 15) is 5.11 Å². The summed E-state index contributed by atoms with van der Waals surface area (Å²) in [6.07, 6.45) is 11.2. The molecule has 13 atom stereocenters. The number of hydrogen-bond donors (Lipinski definition) is 1. The summed E-state index contributed by atoms with van der Waals surface area (Å²) in [6, 6.07) is 0. The lowest BCUT2D eigenvalue weighted by atomic mass is 9.40. The van der Waals surface area contributed by atoms with E-state index >= 15 is 0 Å². The molecule has 5 saturated carbocycles. The number of hydrogen-bond acceptors (Lipinski definition) is 3. The Balaban J connectivity index is 1.35. The van der Waals surface area contributed by atoms with Crippen molar-refractivity contribution in [2.45, 2.75) is 145 Å². The van der Waals surface area contributed by atoms with Crippen LogP contribution in [0.5, 0.6) is 0 Å². The van der Waals surface area contributed by atoms with Gasteiger partial charge in [-0.1, -0.05) is 48.5 Å². The first-order valence-corrected chi connectivity index (χ1v) is 16.1. The van der Waals surface area contributed by atoms with Gasteiger partial charge in [0, 0.05) is 6.61 Å². The maximum atomic E-state index is 11.0. The maximum absolute atomic E-state index is 11.0. The molecule has 6 fully saturated rings. The minimum Gasteiger partial charge on any atom is -0.388 e. The van der Waals surface area contributed by atoms with Gasteiger partial charge in [0.25, 0.3) is 0 Å². The summed E-state index contributed by atoms with van der Waals surface area (Å²) in [7, 11) is 0. The smallest absolute Gasteiger partial charge is 0.112 e. The van der Waals surface area contributed by atoms with E-state index in [1.54, 1.807) is 0 Å². The fourth-order valence-electron chi connectivity index (χ4n) is 13.1. The van der Waals surface area contributed by atoms with E-state index in [4.69, 9.17) is 9.47 Å². The van der Waals surface area contributed by atoms with Crippen molar-refractivity contribution in [1.29, 1.82) is 0 Å². The van der Waals surface area contributed by atoms with Crippen LogP contribution in [0.4, 0.5) is 0 Å². The Labute approximate surface area is 228 Å². The highest BCUT2D eigenvalue weighted by Crippen LogP contribution is 2.90. The molecule has 1 heterocycles. The van der Waals surface area contributed by atoms with Gasteiger partial charge in [0.2, 0.25) is 0 Å². The Hall–Kier alpha value is -0.120. The molecule has 0 amide bonds. The zero-order valence-electron chi connectivity index (χ0n) is 25.8. The molecule has 3 heteroatoms. The van der Waals surface area contributed by atoms with Crippen molar-refractivity contribution < 1.29 is 14.6 Å². The molecule has 1 unspecified atom stereocenters. The van der Waals surface area contributed by atoms with Crippen LogP contribution in [0.15, 0.2) is 0 Å². The van der Waals surface area contributed by atoms with Crippen molar-refractivity contribution in [3.8, 4) is 0 Å². The fourth-order valence-corrected chi connectivity index (χ4v) is 13.1. The van der Waals surface area contributed by atoms with Crippen LogP contribution in [0.1, 0.15) is 121 Å². The van der Waals surface area contributed by atoms with E-state index in [0.29, 0.717) is 51.4 Å². The molecule has 37 heavy (non-hydrogen) atoms. The summed E-state index contributed by atoms with van der Waals surface area (Å²) in [5, 5.41) is 11.0. The SMILES string of the molecule is CCO[C@@H]([C@H]1C[C@@H](C)[C@H]2[C@H](O1)[C@H](C)[C@@]1(C)[C@@H]3CC[C@H]4C(C)(C)C(C)CC[C@@]45C[C@@]35CC[C@]21C)C(C)(C)O. The Morgan fingerprint density at radius 2 is 1.59 bits per heavy atom. The molecule has 6 rings (SSSR count). The van der Waals surface area contributed by atoms with Crippen LogP contribution in [0.3, 0.4) is 0 Å². The minimum atomic E-state index is -0.899. The van der Waals surface area contributed by atoms with Crippen LogP contribution < -0.4 is 0 Å². The molecule has 0 aromatic heterocycles. The molecule has 0 radical (unpaired) electrons. The number of fused-ring (bicyclic) bond motifs is 4. The number of rotatable bonds is 4. The second-order valence-corrected chi connectivity index (χ2v) is 16.8. The van der Waals surface area contributed by atoms with Gasteiger partial charge in [0.05, 0.1) is 17.8 Å². The maximum Gasteiger partial charge on any atom is 0.112 e. The first-order chi connectivity index (χ1) is 17.1. The summed E-state index contributed by atoms with van der Waals surface area (Å²) < 4.78 is 13.3. The lowest BCUT2D eigenvalue weighted by Gasteiger charge is -2.64. The molecule has 0 bridgehead atoms. The Kier molecular flexibility index (Phi) is 5.85. The van der Waals surface area contributed by atoms with Gasteiger partial charge < -0.3 is 14.6 Å². The third kappa shape index (κ3) is 3.12. The van der Waals surface area contributed by atoms with Crippen LogP contribution in [-0.2, 0) is 9.47 Å². The van der Waals surface area contributed by atoms with E-state index in [-0.39, 0.29) is 18.3 Å². The highest BCUT2D eigenvalue weighted by molar-refractivity contribution is 5.32. The van der Waals surface area contributed by atoms with Crippen molar-refractivity contribution >= 4 is 0 Å². The van der Waals surface area contributed by atoms with Crippen molar-refractivity contribution in [2.24, 2.45) is 62.6 Å². The van der Waals surface area contributed by atoms with Gasteiger partial charge in [-0.3, -0.25) is 0 Å². The standard InChI is InChI=1S/C34H58O3/c1-11-36-28(30(7,8)35)23-18-20(2)26-27(37-23)22(4)32(10)25-13-12-24-29(5,6)21(3)14-15-33(24)19-34(25,33)17-16-31(26,32)9/h20-28,35H,11-19H2,1-10H3/t20-,21?,22+,23-,24+,25+,26+,27-,28+,31-,32+,33-,34+/m1/s1. The molecular weight excluding hydrogens is 456 g/mol. The molecule has 1 saturated heterocycles. The summed E-state index contributed by atoms with van der Waals surface area (Å²) >= 11 is 0. The summed E-state index contributed by atoms with van der Waals surface area (Å²) in [6.45, 7) is 24.7. The van der Waals surface area contributed by atoms with E-state index in [1.165, 1.54) is 44.9 Å². The monoisotopic (exact) mass is 514 g/mol. The van der Waals surface area contributed by atoms with Crippen LogP contribution in [0.25, 0.3) is 0 Å². The van der Waals surface area contributed by atoms with Crippen LogP contribution >= 0.6 is 0 Å². The molecule has 6 aliphatic rings. The third-order valence-corrected chi connectivity index (χ3v) is 15.3. The normalized spacial score (nSPS) is 56.8. The van der Waals surface area contributed by atoms with E-state index < -0.39 is 5.60 Å². The zero-order valence-corrected chi connectivity index (χ0v) is 25.8. The molecule has 0 aromatic carbocycles. The third-order valence-electron chi connectivity index (χ3n) is 15.3. The summed E-state index contributed by atoms with van der Waals surface area (Å²) in [4.78, 5) is 0. The van der Waals surface area contributed by atoms with Crippen molar-refractivity contribution in [1.82, 2.24) is 0 Å². The number of ether oxygens (including phenoxy) is 2. The predicted molar refractivity (Wildman–Crippen MR) is 150 cm³/mol. The van der Waals surface area contributed by atoms with Gasteiger partial charge in [-0.15, -0.1) is 0 Å². The Morgan fingerprint density at radius 3 is 2.24 bits per heavy atom. The second-order valence-electron chi connectivity index (χ2n) is 16.8. The largest absolute Gasteiger partial charge is 0.388 e. The highest BCUT2D eigenvalue weighted by Gasteiger charge is 2.84. The van der Waals surface area contributed by atoms with E-state index in [1.807, 2.05) is 20.8 Å². The predicted octanol–water partition coefficient (Wildman–Crippen LogP) is 7.89. The van der Waals surface area contributed by atoms with E-state index in [2.05, 4.69) is 48.5 Å². The average Bonchev–Trinajstić information content (AvgIpc) is 3.44. The molecular formula is C34H58O3. The molecule has 2 spiro atoms. The second kappa shape index (κ2) is 8.00. The van der Waals surface area contributed by atoms with Crippen molar-refractivity contribution in [3.05, 3.63) is 0 Å². The van der Waals surface area contributed by atoms with Gasteiger partial charge in [0.15, 0.2) is 0 Å². The molecule has 3 nitrogen and oxygen atoms in total. The molecule has 1 aliphatic heterocycles. The van der Waals surface area contributed by atoms with Gasteiger partial charge in [-0.05, 0) is 135 Å². The average molecular weight is 515 g/mol.